The van der Waals surface area contributed by atoms with E-state index in [2.05, 4.69) is 11.8 Å². The summed E-state index contributed by atoms with van der Waals surface area (Å²) in [4.78, 5) is 16.9. The molecule has 2 atom stereocenters. The molecule has 1 aliphatic rings. The Kier molecular flexibility index (Phi) is 6.65. The van der Waals surface area contributed by atoms with Crippen LogP contribution in [-0.2, 0) is 17.9 Å². The van der Waals surface area contributed by atoms with Crippen LogP contribution in [0, 0.1) is 5.82 Å². The van der Waals surface area contributed by atoms with Gasteiger partial charge in [0.1, 0.15) is 11.6 Å². The molecule has 3 rings (SSSR count). The summed E-state index contributed by atoms with van der Waals surface area (Å²) in [7, 11) is 0. The molecule has 0 spiro atoms. The first-order valence-corrected chi connectivity index (χ1v) is 9.57. The van der Waals surface area contributed by atoms with Crippen molar-refractivity contribution < 1.29 is 19.0 Å². The zero-order chi connectivity index (χ0) is 20.1. The number of aliphatic hydroxyl groups excluding tert-OH is 1. The Balaban J connectivity index is 1.55. The van der Waals surface area contributed by atoms with Crippen LogP contribution < -0.4 is 4.74 Å². The molecule has 1 heterocycles. The Morgan fingerprint density at radius 1 is 1.11 bits per heavy atom. The van der Waals surface area contributed by atoms with Gasteiger partial charge < -0.3 is 14.7 Å². The van der Waals surface area contributed by atoms with Gasteiger partial charge >= 0.3 is 0 Å². The summed E-state index contributed by atoms with van der Waals surface area (Å²) >= 11 is 0. The number of carbonyl (C=O) groups excluding carboxylic acids is 1. The Morgan fingerprint density at radius 2 is 1.86 bits per heavy atom. The molecule has 1 fully saturated rings. The van der Waals surface area contributed by atoms with Gasteiger partial charge in [-0.05, 0) is 49.2 Å². The molecule has 6 heteroatoms. The first-order valence-electron chi connectivity index (χ1n) is 9.57. The number of benzene rings is 2. The van der Waals surface area contributed by atoms with Crippen molar-refractivity contribution in [2.45, 2.75) is 39.1 Å². The van der Waals surface area contributed by atoms with Crippen LogP contribution in [0.4, 0.5) is 4.39 Å². The quantitative estimate of drug-likeness (QED) is 0.830. The summed E-state index contributed by atoms with van der Waals surface area (Å²) in [5.41, 5.74) is 1.81. The highest BCUT2D eigenvalue weighted by atomic mass is 19.1. The van der Waals surface area contributed by atoms with Gasteiger partial charge in [-0.15, -0.1) is 0 Å². The molecule has 0 aliphatic carbocycles. The van der Waals surface area contributed by atoms with Crippen molar-refractivity contribution in [3.05, 3.63) is 65.5 Å². The minimum Gasteiger partial charge on any atom is -0.484 e. The van der Waals surface area contributed by atoms with Crippen LogP contribution in [-0.4, -0.2) is 52.6 Å². The monoisotopic (exact) mass is 386 g/mol. The lowest BCUT2D eigenvalue weighted by molar-refractivity contribution is -0.139. The Bertz CT molecular complexity index is 797. The molecule has 1 aliphatic heterocycles. The average molecular weight is 386 g/mol. The number of halogens is 1. The highest BCUT2D eigenvalue weighted by Crippen LogP contribution is 2.19. The maximum Gasteiger partial charge on any atom is 0.260 e. The summed E-state index contributed by atoms with van der Waals surface area (Å²) in [6.45, 7) is 6.17. The molecule has 2 aromatic rings. The van der Waals surface area contributed by atoms with E-state index in [0.717, 1.165) is 24.2 Å². The summed E-state index contributed by atoms with van der Waals surface area (Å²) < 4.78 is 18.7. The molecular weight excluding hydrogens is 359 g/mol. The van der Waals surface area contributed by atoms with E-state index in [-0.39, 0.29) is 37.0 Å². The van der Waals surface area contributed by atoms with E-state index in [1.807, 2.05) is 11.8 Å². The maximum atomic E-state index is 13.1. The molecule has 0 saturated carbocycles. The number of hydrogen-bond acceptors (Lipinski definition) is 4. The van der Waals surface area contributed by atoms with E-state index >= 15 is 0 Å². The van der Waals surface area contributed by atoms with E-state index in [4.69, 9.17) is 4.74 Å². The third kappa shape index (κ3) is 5.09. The predicted molar refractivity (Wildman–Crippen MR) is 105 cm³/mol. The van der Waals surface area contributed by atoms with Gasteiger partial charge in [0.05, 0.1) is 6.61 Å². The highest BCUT2D eigenvalue weighted by molar-refractivity contribution is 5.78. The predicted octanol–water partition coefficient (Wildman–Crippen LogP) is 2.82. The van der Waals surface area contributed by atoms with Crippen LogP contribution in [0.1, 0.15) is 25.0 Å². The van der Waals surface area contributed by atoms with Crippen LogP contribution in [0.5, 0.6) is 5.75 Å². The molecule has 5 nitrogen and oxygen atoms in total. The third-order valence-corrected chi connectivity index (χ3v) is 5.18. The summed E-state index contributed by atoms with van der Waals surface area (Å²) in [5, 5.41) is 9.20. The number of piperazine rings is 1. The topological polar surface area (TPSA) is 53.0 Å². The fraction of sp³-hybridized carbons (Fsp3) is 0.409. The SMILES string of the molecule is CC1CN(C(=O)COc2cccc(CO)c2)C(C)CN1Cc1ccc(F)cc1. The Labute approximate surface area is 165 Å². The van der Waals surface area contributed by atoms with Crippen LogP contribution in [0.2, 0.25) is 0 Å². The number of aliphatic hydroxyl groups is 1. The Hall–Kier alpha value is -2.44. The minimum absolute atomic E-state index is 0.0239. The van der Waals surface area contributed by atoms with E-state index in [9.17, 15) is 14.3 Å². The molecule has 0 bridgehead atoms. The molecule has 2 aromatic carbocycles. The summed E-state index contributed by atoms with van der Waals surface area (Å²) in [5.74, 6) is 0.302. The van der Waals surface area contributed by atoms with Gasteiger partial charge in [0.25, 0.3) is 5.91 Å². The first kappa shape index (κ1) is 20.3. The van der Waals surface area contributed by atoms with Crippen molar-refractivity contribution in [2.75, 3.05) is 19.7 Å². The number of rotatable bonds is 6. The van der Waals surface area contributed by atoms with Gasteiger partial charge in [-0.2, -0.15) is 0 Å². The second kappa shape index (κ2) is 9.17. The third-order valence-electron chi connectivity index (χ3n) is 5.18. The standard InChI is InChI=1S/C22H27FN2O3/c1-16-12-25(22(27)15-28-21-5-3-4-19(10-21)14-26)17(2)11-24(16)13-18-6-8-20(23)9-7-18/h3-10,16-17,26H,11-15H2,1-2H3. The number of amides is 1. The molecule has 0 aromatic heterocycles. The molecule has 1 N–H and O–H groups in total. The van der Waals surface area contributed by atoms with Crippen LogP contribution >= 0.6 is 0 Å². The van der Waals surface area contributed by atoms with Crippen LogP contribution in [0.3, 0.4) is 0 Å². The van der Waals surface area contributed by atoms with Gasteiger partial charge in [-0.1, -0.05) is 24.3 Å². The van der Waals surface area contributed by atoms with Crippen LogP contribution in [0.15, 0.2) is 48.5 Å². The van der Waals surface area contributed by atoms with Gasteiger partial charge in [0.2, 0.25) is 0 Å². The zero-order valence-electron chi connectivity index (χ0n) is 16.3. The van der Waals surface area contributed by atoms with E-state index in [0.29, 0.717) is 12.3 Å². The van der Waals surface area contributed by atoms with E-state index in [1.54, 1.807) is 36.4 Å². The molecule has 1 saturated heterocycles. The lowest BCUT2D eigenvalue weighted by Gasteiger charge is -2.44. The van der Waals surface area contributed by atoms with E-state index in [1.165, 1.54) is 12.1 Å². The fourth-order valence-electron chi connectivity index (χ4n) is 3.55. The lowest BCUT2D eigenvalue weighted by atomic mass is 10.1. The van der Waals surface area contributed by atoms with Crippen molar-refractivity contribution >= 4 is 5.91 Å². The highest BCUT2D eigenvalue weighted by Gasteiger charge is 2.32. The normalized spacial score (nSPS) is 20.2. The maximum absolute atomic E-state index is 13.1. The molecule has 1 amide bonds. The first-order chi connectivity index (χ1) is 13.5. The van der Waals surface area contributed by atoms with Gasteiger partial charge in [-0.3, -0.25) is 9.69 Å². The van der Waals surface area contributed by atoms with Crippen molar-refractivity contribution in [3.8, 4) is 5.75 Å². The minimum atomic E-state index is -0.231. The van der Waals surface area contributed by atoms with Crippen LogP contribution in [0.25, 0.3) is 0 Å². The van der Waals surface area contributed by atoms with Crippen molar-refractivity contribution in [1.29, 1.82) is 0 Å². The van der Waals surface area contributed by atoms with Crippen molar-refractivity contribution in [2.24, 2.45) is 0 Å². The number of carbonyl (C=O) groups is 1. The summed E-state index contributed by atoms with van der Waals surface area (Å²) in [6, 6.07) is 13.9. The number of nitrogens with zero attached hydrogens (tertiary/aromatic N) is 2. The molecule has 28 heavy (non-hydrogen) atoms. The number of hydrogen-bond donors (Lipinski definition) is 1. The number of ether oxygens (including phenoxy) is 1. The van der Waals surface area contributed by atoms with Crippen molar-refractivity contribution in [1.82, 2.24) is 9.80 Å². The zero-order valence-corrected chi connectivity index (χ0v) is 16.3. The van der Waals surface area contributed by atoms with Gasteiger partial charge in [0.15, 0.2) is 6.61 Å². The lowest BCUT2D eigenvalue weighted by Crippen LogP contribution is -2.58. The van der Waals surface area contributed by atoms with Crippen molar-refractivity contribution in [3.63, 3.8) is 0 Å². The second-order valence-corrected chi connectivity index (χ2v) is 7.39. The molecule has 150 valence electrons. The second-order valence-electron chi connectivity index (χ2n) is 7.39. The average Bonchev–Trinajstić information content (AvgIpc) is 2.70. The van der Waals surface area contributed by atoms with Gasteiger partial charge in [0, 0.05) is 31.7 Å². The molecule has 2 unspecified atom stereocenters. The largest absolute Gasteiger partial charge is 0.484 e. The molecular formula is C22H27FN2O3. The van der Waals surface area contributed by atoms with E-state index < -0.39 is 0 Å². The molecule has 0 radical (unpaired) electrons. The fourth-order valence-corrected chi connectivity index (χ4v) is 3.55. The summed E-state index contributed by atoms with van der Waals surface area (Å²) in [6.07, 6.45) is 0. The van der Waals surface area contributed by atoms with Gasteiger partial charge in [-0.25, -0.2) is 4.39 Å². The smallest absolute Gasteiger partial charge is 0.260 e. The Morgan fingerprint density at radius 3 is 2.57 bits per heavy atom.